The quantitative estimate of drug-likeness (QED) is 0.333. The summed E-state index contributed by atoms with van der Waals surface area (Å²) in [6.07, 6.45) is -8.06. The van der Waals surface area contributed by atoms with Crippen LogP contribution in [0.2, 0.25) is 5.02 Å². The lowest BCUT2D eigenvalue weighted by molar-refractivity contribution is -0.211. The van der Waals surface area contributed by atoms with Crippen LogP contribution < -0.4 is 5.32 Å². The summed E-state index contributed by atoms with van der Waals surface area (Å²) in [4.78, 5) is 24.6. The zero-order valence-corrected chi connectivity index (χ0v) is 21.0. The Morgan fingerprint density at radius 2 is 1.62 bits per heavy atom. The molecule has 1 heterocycles. The second kappa shape index (κ2) is 10.3. The molecule has 198 valence electrons. The maximum atomic E-state index is 13.4. The van der Waals surface area contributed by atoms with Crippen LogP contribution in [-0.4, -0.2) is 27.0 Å². The summed E-state index contributed by atoms with van der Waals surface area (Å²) in [5.74, 6) is -1.39. The lowest BCUT2D eigenvalue weighted by Crippen LogP contribution is -2.46. The minimum Gasteiger partial charge on any atom is -0.351 e. The van der Waals surface area contributed by atoms with Crippen molar-refractivity contribution in [1.29, 1.82) is 0 Å². The number of aromatic nitrogens is 3. The second-order valence-corrected chi connectivity index (χ2v) is 9.61. The van der Waals surface area contributed by atoms with Crippen LogP contribution in [0.4, 0.5) is 26.3 Å². The van der Waals surface area contributed by atoms with Gasteiger partial charge < -0.3 is 5.32 Å². The van der Waals surface area contributed by atoms with Crippen LogP contribution >= 0.6 is 11.6 Å². The minimum absolute atomic E-state index is 0.0875. The van der Waals surface area contributed by atoms with Gasteiger partial charge in [-0.2, -0.15) is 26.3 Å². The molecule has 0 saturated carbocycles. The van der Waals surface area contributed by atoms with Gasteiger partial charge in [0, 0.05) is 17.7 Å². The molecule has 1 amide bonds. The van der Waals surface area contributed by atoms with E-state index in [0.717, 1.165) is 19.9 Å². The highest BCUT2D eigenvalue weighted by Crippen LogP contribution is 2.38. The molecule has 0 atom stereocenters. The third-order valence-corrected chi connectivity index (χ3v) is 6.14. The summed E-state index contributed by atoms with van der Waals surface area (Å²) >= 11 is 6.30. The first-order valence-electron chi connectivity index (χ1n) is 11.1. The van der Waals surface area contributed by atoms with Crippen LogP contribution in [0.5, 0.6) is 0 Å². The second-order valence-electron chi connectivity index (χ2n) is 9.21. The summed E-state index contributed by atoms with van der Waals surface area (Å²) in [6, 6.07) is 8.14. The predicted molar refractivity (Wildman–Crippen MR) is 126 cm³/mol. The number of alkyl halides is 6. The van der Waals surface area contributed by atoms with Crippen LogP contribution in [0.25, 0.3) is 22.8 Å². The fourth-order valence-corrected chi connectivity index (χ4v) is 3.59. The predicted octanol–water partition coefficient (Wildman–Crippen LogP) is 7.21. The number of carbonyl (C=O) groups excluding carboxylic acids is 1. The maximum absolute atomic E-state index is 13.4. The van der Waals surface area contributed by atoms with Crippen LogP contribution in [0.15, 0.2) is 42.7 Å². The average molecular weight is 545 g/mol. The Balaban J connectivity index is 1.92. The van der Waals surface area contributed by atoms with Crippen LogP contribution in [0, 0.1) is 5.41 Å². The Hall–Kier alpha value is -3.21. The van der Waals surface area contributed by atoms with Gasteiger partial charge in [0.1, 0.15) is 11.7 Å². The van der Waals surface area contributed by atoms with Crippen LogP contribution in [-0.2, 0) is 17.5 Å². The number of carbonyl (C=O) groups is 1. The molecule has 0 unspecified atom stereocenters. The van der Waals surface area contributed by atoms with E-state index in [1.165, 1.54) is 36.7 Å². The average Bonchev–Trinajstić information content (AvgIpc) is 2.81. The molecule has 0 aliphatic heterocycles. The largest absolute Gasteiger partial charge is 0.416 e. The smallest absolute Gasteiger partial charge is 0.351 e. The SMILES string of the molecule is CC(C)c1cc(-c2ncnc(-c3cc(CNC(=O)C(C)(C)C(F)(F)F)ccc3Cl)n2)ccc1C(F)(F)F. The highest BCUT2D eigenvalue weighted by molar-refractivity contribution is 6.33. The Kier molecular flexibility index (Phi) is 7.88. The number of nitrogens with zero attached hydrogens (tertiary/aromatic N) is 3. The van der Waals surface area contributed by atoms with Crippen molar-refractivity contribution < 1.29 is 31.1 Å². The van der Waals surface area contributed by atoms with Gasteiger partial charge in [0.15, 0.2) is 11.6 Å². The number of amides is 1. The van der Waals surface area contributed by atoms with E-state index in [4.69, 9.17) is 11.6 Å². The topological polar surface area (TPSA) is 67.8 Å². The van der Waals surface area contributed by atoms with Crippen molar-refractivity contribution in [2.45, 2.75) is 52.5 Å². The van der Waals surface area contributed by atoms with Gasteiger partial charge in [-0.1, -0.05) is 37.6 Å². The molecule has 0 aliphatic carbocycles. The van der Waals surface area contributed by atoms with E-state index in [0.29, 0.717) is 16.7 Å². The molecule has 0 fully saturated rings. The highest BCUT2D eigenvalue weighted by Gasteiger charge is 2.52. The van der Waals surface area contributed by atoms with Gasteiger partial charge >= 0.3 is 12.4 Å². The Morgan fingerprint density at radius 3 is 2.22 bits per heavy atom. The molecule has 0 spiro atoms. The van der Waals surface area contributed by atoms with E-state index in [9.17, 15) is 31.1 Å². The maximum Gasteiger partial charge on any atom is 0.416 e. The lowest BCUT2D eigenvalue weighted by Gasteiger charge is -2.26. The molecule has 3 aromatic rings. The number of nitrogens with one attached hydrogen (secondary N) is 1. The van der Waals surface area contributed by atoms with Crippen molar-refractivity contribution in [3.8, 4) is 22.8 Å². The van der Waals surface area contributed by atoms with Crippen molar-refractivity contribution in [2.24, 2.45) is 5.41 Å². The van der Waals surface area contributed by atoms with Gasteiger partial charge in [0.2, 0.25) is 5.91 Å². The molecule has 0 aliphatic rings. The Labute approximate surface area is 214 Å². The molecule has 0 radical (unpaired) electrons. The standard InChI is InChI=1S/C25H23ClF6N4O/c1-13(2)16-10-15(6-7-18(16)24(27,28)29)20-34-12-35-21(36-20)17-9-14(5-8-19(17)26)11-33-22(37)23(3,4)25(30,31)32/h5-10,12-13H,11H2,1-4H3,(H,33,37). The number of halogens is 7. The van der Waals surface area contributed by atoms with Gasteiger partial charge in [0.05, 0.1) is 10.6 Å². The molecule has 1 aromatic heterocycles. The van der Waals surface area contributed by atoms with E-state index in [1.807, 2.05) is 0 Å². The van der Waals surface area contributed by atoms with Crippen LogP contribution in [0.3, 0.4) is 0 Å². The van der Waals surface area contributed by atoms with Gasteiger partial charge in [0.25, 0.3) is 0 Å². The third-order valence-electron chi connectivity index (χ3n) is 5.81. The normalized spacial score (nSPS) is 12.6. The summed E-state index contributed by atoms with van der Waals surface area (Å²) in [5, 5.41) is 2.49. The zero-order chi connectivity index (χ0) is 27.8. The molecule has 0 bridgehead atoms. The first-order valence-corrected chi connectivity index (χ1v) is 11.4. The first kappa shape index (κ1) is 28.4. The van der Waals surface area contributed by atoms with Crippen molar-refractivity contribution >= 4 is 17.5 Å². The van der Waals surface area contributed by atoms with E-state index < -0.39 is 35.2 Å². The first-order chi connectivity index (χ1) is 17.0. The van der Waals surface area contributed by atoms with E-state index >= 15 is 0 Å². The lowest BCUT2D eigenvalue weighted by atomic mass is 9.91. The molecule has 2 aromatic carbocycles. The molecule has 37 heavy (non-hydrogen) atoms. The van der Waals surface area contributed by atoms with Gasteiger partial charge in [-0.25, -0.2) is 15.0 Å². The monoisotopic (exact) mass is 544 g/mol. The molecule has 3 rings (SSSR count). The summed E-state index contributed by atoms with van der Waals surface area (Å²) in [5.41, 5.74) is -2.15. The van der Waals surface area contributed by atoms with Gasteiger partial charge in [-0.15, -0.1) is 0 Å². The van der Waals surface area contributed by atoms with Crippen LogP contribution in [0.1, 0.15) is 50.3 Å². The van der Waals surface area contributed by atoms with Gasteiger partial charge in [-0.05, 0) is 55.2 Å². The molecule has 12 heteroatoms. The van der Waals surface area contributed by atoms with Crippen molar-refractivity contribution in [1.82, 2.24) is 20.3 Å². The third kappa shape index (κ3) is 6.20. The van der Waals surface area contributed by atoms with E-state index in [1.54, 1.807) is 13.8 Å². The fourth-order valence-electron chi connectivity index (χ4n) is 3.39. The number of hydrogen-bond donors (Lipinski definition) is 1. The molecule has 1 N–H and O–H groups in total. The summed E-state index contributed by atoms with van der Waals surface area (Å²) in [6.45, 7) is 4.65. The van der Waals surface area contributed by atoms with Crippen molar-refractivity contribution in [3.63, 3.8) is 0 Å². The minimum atomic E-state index is -4.72. The molecule has 5 nitrogen and oxygen atoms in total. The van der Waals surface area contributed by atoms with Crippen molar-refractivity contribution in [2.75, 3.05) is 0 Å². The molecule has 0 saturated heterocycles. The fraction of sp³-hybridized carbons (Fsp3) is 0.360. The van der Waals surface area contributed by atoms with Gasteiger partial charge in [-0.3, -0.25) is 4.79 Å². The molecular formula is C25H23ClF6N4O. The van der Waals surface area contributed by atoms with E-state index in [-0.39, 0.29) is 28.8 Å². The zero-order valence-electron chi connectivity index (χ0n) is 20.2. The highest BCUT2D eigenvalue weighted by atomic mass is 35.5. The number of rotatable bonds is 6. The summed E-state index contributed by atoms with van der Waals surface area (Å²) in [7, 11) is 0. The number of benzene rings is 2. The number of hydrogen-bond acceptors (Lipinski definition) is 4. The Bertz CT molecular complexity index is 1310. The van der Waals surface area contributed by atoms with E-state index in [2.05, 4.69) is 20.3 Å². The van der Waals surface area contributed by atoms with Crippen molar-refractivity contribution in [3.05, 3.63) is 64.4 Å². The summed E-state index contributed by atoms with van der Waals surface area (Å²) < 4.78 is 79.6. The Morgan fingerprint density at radius 1 is 0.973 bits per heavy atom. The molecular weight excluding hydrogens is 522 g/mol.